The van der Waals surface area contributed by atoms with Crippen LogP contribution in [0.5, 0.6) is 0 Å². The summed E-state index contributed by atoms with van der Waals surface area (Å²) in [5.41, 5.74) is 1.85. The minimum atomic E-state index is 0.205. The van der Waals surface area contributed by atoms with E-state index in [0.717, 1.165) is 16.9 Å². The Labute approximate surface area is 101 Å². The van der Waals surface area contributed by atoms with Crippen LogP contribution in [0.3, 0.4) is 0 Å². The fourth-order valence-corrected chi connectivity index (χ4v) is 2.37. The molecule has 2 aromatic rings. The average Bonchev–Trinajstić information content (AvgIpc) is 2.85. The van der Waals surface area contributed by atoms with Gasteiger partial charge in [-0.1, -0.05) is 0 Å². The number of halogens is 1. The van der Waals surface area contributed by atoms with Crippen LogP contribution in [0.1, 0.15) is 16.7 Å². The second-order valence-electron chi connectivity index (χ2n) is 3.16. The number of furan rings is 1. The normalized spacial score (nSPS) is 12.9. The highest BCUT2D eigenvalue weighted by Crippen LogP contribution is 2.24. The third kappa shape index (κ3) is 2.68. The summed E-state index contributed by atoms with van der Waals surface area (Å²) >= 11 is 4.97. The monoisotopic (exact) mass is 286 g/mol. The molecule has 1 atom stereocenters. The molecule has 3 nitrogen and oxygen atoms in total. The second-order valence-corrected chi connectivity index (χ2v) is 4.91. The number of nitrogens with one attached hydrogen (secondary N) is 1. The van der Waals surface area contributed by atoms with Gasteiger partial charge < -0.3 is 9.73 Å². The molecule has 0 amide bonds. The molecule has 0 saturated carbocycles. The molecule has 2 rings (SSSR count). The van der Waals surface area contributed by atoms with Crippen molar-refractivity contribution in [3.63, 3.8) is 0 Å². The molecular formula is C10H11BrN2OS. The van der Waals surface area contributed by atoms with Crippen LogP contribution in [0.2, 0.25) is 0 Å². The molecule has 2 aromatic heterocycles. The van der Waals surface area contributed by atoms with E-state index in [2.05, 4.69) is 26.2 Å². The summed E-state index contributed by atoms with van der Waals surface area (Å²) in [6.45, 7) is 0. The summed E-state index contributed by atoms with van der Waals surface area (Å²) < 4.78 is 6.29. The van der Waals surface area contributed by atoms with E-state index in [4.69, 9.17) is 4.42 Å². The topological polar surface area (TPSA) is 38.1 Å². The van der Waals surface area contributed by atoms with Crippen molar-refractivity contribution in [1.29, 1.82) is 0 Å². The Morgan fingerprint density at radius 1 is 1.60 bits per heavy atom. The Bertz CT molecular complexity index is 413. The maximum Gasteiger partial charge on any atom is 0.169 e. The van der Waals surface area contributed by atoms with Gasteiger partial charge in [-0.2, -0.15) is 0 Å². The number of hydrogen-bond acceptors (Lipinski definition) is 4. The molecule has 80 valence electrons. The lowest BCUT2D eigenvalue weighted by molar-refractivity contribution is 0.418. The van der Waals surface area contributed by atoms with Gasteiger partial charge >= 0.3 is 0 Å². The molecule has 1 N–H and O–H groups in total. The molecule has 0 aliphatic carbocycles. The second kappa shape index (κ2) is 4.92. The van der Waals surface area contributed by atoms with Crippen molar-refractivity contribution in [3.05, 3.63) is 39.1 Å². The Kier molecular flexibility index (Phi) is 3.56. The lowest BCUT2D eigenvalue weighted by Crippen LogP contribution is -2.17. The van der Waals surface area contributed by atoms with Crippen LogP contribution in [0.25, 0.3) is 0 Å². The minimum absolute atomic E-state index is 0.205. The largest absolute Gasteiger partial charge is 0.453 e. The van der Waals surface area contributed by atoms with Crippen LogP contribution in [0.4, 0.5) is 0 Å². The predicted molar refractivity (Wildman–Crippen MR) is 64.0 cm³/mol. The van der Waals surface area contributed by atoms with Gasteiger partial charge in [0, 0.05) is 17.5 Å². The molecule has 0 radical (unpaired) electrons. The van der Waals surface area contributed by atoms with Crippen molar-refractivity contribution in [2.24, 2.45) is 0 Å². The van der Waals surface area contributed by atoms with Gasteiger partial charge in [0.25, 0.3) is 0 Å². The van der Waals surface area contributed by atoms with Crippen molar-refractivity contribution in [3.8, 4) is 0 Å². The highest BCUT2D eigenvalue weighted by molar-refractivity contribution is 9.10. The standard InChI is InChI=1S/C10H11BrN2OS/c1-12-8(4-7-5-13-6-15-7)9-2-3-10(11)14-9/h2-3,5-6,8,12H,4H2,1H3. The lowest BCUT2D eigenvalue weighted by atomic mass is 10.1. The SMILES string of the molecule is CNC(Cc1cncs1)c1ccc(Br)o1. The van der Waals surface area contributed by atoms with E-state index in [1.165, 1.54) is 4.88 Å². The van der Waals surface area contributed by atoms with Crippen molar-refractivity contribution in [2.75, 3.05) is 7.05 Å². The average molecular weight is 287 g/mol. The molecule has 5 heteroatoms. The first-order valence-electron chi connectivity index (χ1n) is 4.59. The Morgan fingerprint density at radius 2 is 2.47 bits per heavy atom. The van der Waals surface area contributed by atoms with E-state index >= 15 is 0 Å². The van der Waals surface area contributed by atoms with Gasteiger partial charge in [0.2, 0.25) is 0 Å². The Hall–Kier alpha value is -0.650. The summed E-state index contributed by atoms with van der Waals surface area (Å²) in [7, 11) is 1.93. The van der Waals surface area contributed by atoms with Gasteiger partial charge in [-0.15, -0.1) is 11.3 Å². The van der Waals surface area contributed by atoms with Crippen molar-refractivity contribution in [1.82, 2.24) is 10.3 Å². The zero-order chi connectivity index (χ0) is 10.7. The van der Waals surface area contributed by atoms with E-state index in [1.54, 1.807) is 11.3 Å². The summed E-state index contributed by atoms with van der Waals surface area (Å²) in [6, 6.07) is 4.09. The summed E-state index contributed by atoms with van der Waals surface area (Å²) in [5, 5.41) is 3.23. The van der Waals surface area contributed by atoms with Gasteiger partial charge in [-0.05, 0) is 35.1 Å². The molecule has 0 spiro atoms. The smallest absolute Gasteiger partial charge is 0.169 e. The van der Waals surface area contributed by atoms with E-state index in [1.807, 2.05) is 30.9 Å². The lowest BCUT2D eigenvalue weighted by Gasteiger charge is -2.11. The number of thiazole rings is 1. The number of rotatable bonds is 4. The number of nitrogens with zero attached hydrogens (tertiary/aromatic N) is 1. The third-order valence-corrected chi connectivity index (χ3v) is 3.40. The van der Waals surface area contributed by atoms with Gasteiger partial charge in [-0.25, -0.2) is 0 Å². The van der Waals surface area contributed by atoms with E-state index < -0.39 is 0 Å². The van der Waals surface area contributed by atoms with Gasteiger partial charge in [0.05, 0.1) is 11.6 Å². The fraction of sp³-hybridized carbons (Fsp3) is 0.300. The van der Waals surface area contributed by atoms with Crippen LogP contribution in [0.15, 0.2) is 32.9 Å². The number of likely N-dealkylation sites (N-methyl/N-ethyl adjacent to an activating group) is 1. The first kappa shape index (κ1) is 10.9. The first-order valence-corrected chi connectivity index (χ1v) is 6.26. The zero-order valence-electron chi connectivity index (χ0n) is 8.24. The van der Waals surface area contributed by atoms with Crippen LogP contribution < -0.4 is 5.32 Å². The quantitative estimate of drug-likeness (QED) is 0.939. The zero-order valence-corrected chi connectivity index (χ0v) is 10.6. The predicted octanol–water partition coefficient (Wildman–Crippen LogP) is 3.00. The summed E-state index contributed by atoms with van der Waals surface area (Å²) in [5.74, 6) is 0.942. The van der Waals surface area contributed by atoms with Gasteiger partial charge in [0.1, 0.15) is 5.76 Å². The van der Waals surface area contributed by atoms with Crippen LogP contribution >= 0.6 is 27.3 Å². The van der Waals surface area contributed by atoms with Gasteiger partial charge in [-0.3, -0.25) is 4.98 Å². The van der Waals surface area contributed by atoms with Gasteiger partial charge in [0.15, 0.2) is 4.67 Å². The van der Waals surface area contributed by atoms with Crippen molar-refractivity contribution >= 4 is 27.3 Å². The Balaban J connectivity index is 2.11. The molecule has 15 heavy (non-hydrogen) atoms. The van der Waals surface area contributed by atoms with E-state index in [-0.39, 0.29) is 6.04 Å². The molecule has 0 aromatic carbocycles. The van der Waals surface area contributed by atoms with Crippen molar-refractivity contribution in [2.45, 2.75) is 12.5 Å². The first-order chi connectivity index (χ1) is 7.29. The molecule has 1 unspecified atom stereocenters. The molecule has 0 aliphatic rings. The maximum absolute atomic E-state index is 5.52. The maximum atomic E-state index is 5.52. The number of hydrogen-bond donors (Lipinski definition) is 1. The highest BCUT2D eigenvalue weighted by Gasteiger charge is 2.14. The number of aromatic nitrogens is 1. The van der Waals surface area contributed by atoms with Crippen LogP contribution in [-0.2, 0) is 6.42 Å². The van der Waals surface area contributed by atoms with Crippen molar-refractivity contribution < 1.29 is 4.42 Å². The molecule has 0 bridgehead atoms. The molecule has 2 heterocycles. The van der Waals surface area contributed by atoms with Crippen LogP contribution in [0, 0.1) is 0 Å². The molecule has 0 fully saturated rings. The third-order valence-electron chi connectivity index (χ3n) is 2.17. The fourth-order valence-electron chi connectivity index (χ4n) is 1.40. The highest BCUT2D eigenvalue weighted by atomic mass is 79.9. The summed E-state index contributed by atoms with van der Waals surface area (Å²) in [6.07, 6.45) is 2.80. The van der Waals surface area contributed by atoms with E-state index in [9.17, 15) is 0 Å². The Morgan fingerprint density at radius 3 is 3.00 bits per heavy atom. The molecule has 0 saturated heterocycles. The minimum Gasteiger partial charge on any atom is -0.453 e. The molecule has 0 aliphatic heterocycles. The summed E-state index contributed by atoms with van der Waals surface area (Å²) in [4.78, 5) is 5.31. The molecular weight excluding hydrogens is 276 g/mol. The van der Waals surface area contributed by atoms with E-state index in [0.29, 0.717) is 0 Å². The van der Waals surface area contributed by atoms with Crippen LogP contribution in [-0.4, -0.2) is 12.0 Å².